The Morgan fingerprint density at radius 1 is 1.19 bits per heavy atom. The lowest BCUT2D eigenvalue weighted by Gasteiger charge is -2.12. The summed E-state index contributed by atoms with van der Waals surface area (Å²) in [4.78, 5) is 18.1. The van der Waals surface area contributed by atoms with E-state index in [-0.39, 0.29) is 11.6 Å². The van der Waals surface area contributed by atoms with Gasteiger partial charge in [0.1, 0.15) is 0 Å². The molecule has 0 N–H and O–H groups in total. The second-order valence-electron chi connectivity index (χ2n) is 6.29. The third kappa shape index (κ3) is 4.09. The topological polar surface area (TPSA) is 52.0 Å². The molecule has 0 bridgehead atoms. The van der Waals surface area contributed by atoms with Crippen LogP contribution in [0.5, 0.6) is 0 Å². The van der Waals surface area contributed by atoms with Gasteiger partial charge >= 0.3 is 0 Å². The number of hydrogen-bond donors (Lipinski definition) is 0. The van der Waals surface area contributed by atoms with Gasteiger partial charge in [-0.1, -0.05) is 47.1 Å². The van der Waals surface area contributed by atoms with Gasteiger partial charge in [0.2, 0.25) is 0 Å². The number of benzene rings is 2. The molecule has 2 aromatic carbocycles. The van der Waals surface area contributed by atoms with Gasteiger partial charge in [-0.2, -0.15) is 0 Å². The van der Waals surface area contributed by atoms with Crippen LogP contribution in [0.3, 0.4) is 0 Å². The first-order valence-corrected chi connectivity index (χ1v) is 11.6. The van der Waals surface area contributed by atoms with Crippen molar-refractivity contribution < 1.29 is 4.21 Å². The van der Waals surface area contributed by atoms with Crippen LogP contribution in [0.2, 0.25) is 10.0 Å². The number of thioether (sulfide) groups is 1. The van der Waals surface area contributed by atoms with E-state index in [2.05, 4.69) is 4.98 Å². The molecule has 0 saturated heterocycles. The summed E-state index contributed by atoms with van der Waals surface area (Å²) in [5, 5.41) is 2.29. The molecule has 0 amide bonds. The van der Waals surface area contributed by atoms with Crippen LogP contribution in [0, 0.1) is 0 Å². The minimum atomic E-state index is -1.27. The highest BCUT2D eigenvalue weighted by Gasteiger charge is 2.28. The number of aromatic nitrogens is 2. The molecule has 0 aliphatic heterocycles. The first-order valence-electron chi connectivity index (χ1n) is 8.52. The van der Waals surface area contributed by atoms with Crippen LogP contribution in [0.15, 0.2) is 57.3 Å². The quantitative estimate of drug-likeness (QED) is 0.403. The predicted octanol–water partition coefficient (Wildman–Crippen LogP) is 4.94. The molecule has 1 aromatic heterocycles. The Labute approximate surface area is 173 Å². The maximum atomic E-state index is 12.8. The van der Waals surface area contributed by atoms with E-state index >= 15 is 0 Å². The van der Waals surface area contributed by atoms with Gasteiger partial charge < -0.3 is 0 Å². The summed E-state index contributed by atoms with van der Waals surface area (Å²) in [6.07, 6.45) is 2.00. The molecular weight excluding hydrogens is 423 g/mol. The molecular formula is C19H16Cl2N2O2S2. The molecule has 0 spiro atoms. The largest absolute Gasteiger partial charge is 0.284 e. The van der Waals surface area contributed by atoms with Crippen molar-refractivity contribution in [3.05, 3.63) is 62.9 Å². The molecule has 1 fully saturated rings. The number of para-hydroxylation sites is 1. The number of halogens is 2. The molecule has 140 valence electrons. The second-order valence-corrected chi connectivity index (χ2v) is 9.74. The van der Waals surface area contributed by atoms with E-state index in [0.717, 1.165) is 12.8 Å². The van der Waals surface area contributed by atoms with Crippen molar-refractivity contribution in [1.82, 2.24) is 9.55 Å². The minimum Gasteiger partial charge on any atom is -0.284 e. The number of rotatable bonds is 6. The molecule has 3 aromatic rings. The Morgan fingerprint density at radius 3 is 2.74 bits per heavy atom. The van der Waals surface area contributed by atoms with Gasteiger partial charge in [-0.15, -0.1) is 0 Å². The molecule has 1 aliphatic carbocycles. The first-order chi connectivity index (χ1) is 13.0. The van der Waals surface area contributed by atoms with Gasteiger partial charge in [0.25, 0.3) is 5.56 Å². The molecule has 4 rings (SSSR count). The Balaban J connectivity index is 1.55. The molecule has 1 saturated carbocycles. The van der Waals surface area contributed by atoms with Gasteiger partial charge in [0.15, 0.2) is 5.16 Å². The Hall–Kier alpha value is -1.34. The molecule has 27 heavy (non-hydrogen) atoms. The standard InChI is InChI=1S/C19H16Cl2N2O2S2/c20-12-5-8-15(21)17(11-12)27(25)10-9-26-19-22-16-4-2-1-3-14(16)18(24)23(19)13-6-7-13/h1-5,8,11,13H,6-7,9-10H2. The van der Waals surface area contributed by atoms with Crippen LogP contribution in [0.25, 0.3) is 10.9 Å². The average Bonchev–Trinajstić information content (AvgIpc) is 3.48. The van der Waals surface area contributed by atoms with Crippen molar-refractivity contribution in [3.8, 4) is 0 Å². The number of hydrogen-bond acceptors (Lipinski definition) is 4. The number of nitrogens with zero attached hydrogens (tertiary/aromatic N) is 2. The van der Waals surface area contributed by atoms with Crippen LogP contribution >= 0.6 is 35.0 Å². The van der Waals surface area contributed by atoms with Crippen LogP contribution in [0.1, 0.15) is 18.9 Å². The van der Waals surface area contributed by atoms with Crippen molar-refractivity contribution in [1.29, 1.82) is 0 Å². The van der Waals surface area contributed by atoms with Crippen LogP contribution in [-0.2, 0) is 10.8 Å². The zero-order chi connectivity index (χ0) is 19.0. The highest BCUT2D eigenvalue weighted by Crippen LogP contribution is 2.37. The fraction of sp³-hybridized carbons (Fsp3) is 0.263. The third-order valence-corrected chi connectivity index (χ3v) is 7.62. The van der Waals surface area contributed by atoms with Crippen molar-refractivity contribution in [2.45, 2.75) is 28.9 Å². The SMILES string of the molecule is O=c1c2ccccc2nc(SCCS(=O)c2cc(Cl)ccc2Cl)n1C1CC1. The van der Waals surface area contributed by atoms with Gasteiger partial charge in [0, 0.05) is 22.6 Å². The fourth-order valence-electron chi connectivity index (χ4n) is 2.85. The average molecular weight is 439 g/mol. The summed E-state index contributed by atoms with van der Waals surface area (Å²) in [5.74, 6) is 0.963. The Morgan fingerprint density at radius 2 is 1.96 bits per heavy atom. The molecule has 1 aliphatic rings. The van der Waals surface area contributed by atoms with Crippen LogP contribution in [-0.4, -0.2) is 25.3 Å². The van der Waals surface area contributed by atoms with Gasteiger partial charge in [-0.05, 0) is 43.2 Å². The highest BCUT2D eigenvalue weighted by atomic mass is 35.5. The third-order valence-electron chi connectivity index (χ3n) is 4.33. The van der Waals surface area contributed by atoms with E-state index in [1.807, 2.05) is 24.3 Å². The van der Waals surface area contributed by atoms with Gasteiger partial charge in [0.05, 0.1) is 31.6 Å². The molecule has 1 unspecified atom stereocenters. The predicted molar refractivity (Wildman–Crippen MR) is 113 cm³/mol. The van der Waals surface area contributed by atoms with E-state index in [9.17, 15) is 9.00 Å². The van der Waals surface area contributed by atoms with Crippen LogP contribution in [0.4, 0.5) is 0 Å². The maximum Gasteiger partial charge on any atom is 0.262 e. The minimum absolute atomic E-state index is 0.00427. The molecule has 8 heteroatoms. The lowest BCUT2D eigenvalue weighted by atomic mass is 10.2. The van der Waals surface area contributed by atoms with E-state index in [0.29, 0.717) is 42.5 Å². The lowest BCUT2D eigenvalue weighted by Crippen LogP contribution is -2.22. The van der Waals surface area contributed by atoms with Crippen LogP contribution < -0.4 is 5.56 Å². The lowest BCUT2D eigenvalue weighted by molar-refractivity contribution is 0.618. The molecule has 1 atom stereocenters. The van der Waals surface area contributed by atoms with Gasteiger partial charge in [-0.3, -0.25) is 13.6 Å². The van der Waals surface area contributed by atoms with E-state index in [1.54, 1.807) is 22.8 Å². The highest BCUT2D eigenvalue weighted by molar-refractivity contribution is 8.00. The number of fused-ring (bicyclic) bond motifs is 1. The molecule has 0 radical (unpaired) electrons. The molecule has 1 heterocycles. The van der Waals surface area contributed by atoms with E-state index in [1.165, 1.54) is 11.8 Å². The Bertz CT molecular complexity index is 1100. The maximum absolute atomic E-state index is 12.8. The summed E-state index contributed by atoms with van der Waals surface area (Å²) < 4.78 is 14.4. The van der Waals surface area contributed by atoms with Gasteiger partial charge in [-0.25, -0.2) is 4.98 Å². The summed E-state index contributed by atoms with van der Waals surface area (Å²) >= 11 is 13.6. The van der Waals surface area contributed by atoms with E-state index < -0.39 is 10.8 Å². The van der Waals surface area contributed by atoms with E-state index in [4.69, 9.17) is 23.2 Å². The monoisotopic (exact) mass is 438 g/mol. The zero-order valence-corrected chi connectivity index (χ0v) is 17.4. The molecule has 4 nitrogen and oxygen atoms in total. The van der Waals surface area contributed by atoms with Crippen molar-refractivity contribution >= 4 is 56.7 Å². The summed E-state index contributed by atoms with van der Waals surface area (Å²) in [6.45, 7) is 0. The summed E-state index contributed by atoms with van der Waals surface area (Å²) in [6, 6.07) is 12.6. The summed E-state index contributed by atoms with van der Waals surface area (Å²) in [5.41, 5.74) is 0.700. The zero-order valence-electron chi connectivity index (χ0n) is 14.2. The van der Waals surface area contributed by atoms with Crippen molar-refractivity contribution in [2.75, 3.05) is 11.5 Å². The van der Waals surface area contributed by atoms with Crippen molar-refractivity contribution in [3.63, 3.8) is 0 Å². The fourth-order valence-corrected chi connectivity index (χ4v) is 5.88. The normalized spacial score (nSPS) is 15.2. The smallest absolute Gasteiger partial charge is 0.262 e. The second kappa shape index (κ2) is 7.95. The Kier molecular flexibility index (Phi) is 5.60. The van der Waals surface area contributed by atoms with Crippen molar-refractivity contribution in [2.24, 2.45) is 0 Å². The first kappa shape index (κ1) is 19.0. The summed E-state index contributed by atoms with van der Waals surface area (Å²) in [7, 11) is -1.27.